The van der Waals surface area contributed by atoms with Crippen LogP contribution in [0.4, 0.5) is 0 Å². The van der Waals surface area contributed by atoms with Gasteiger partial charge in [-0.2, -0.15) is 4.98 Å². The molecular formula is C13H22N4O3. The van der Waals surface area contributed by atoms with Gasteiger partial charge in [0.1, 0.15) is 6.10 Å². The highest BCUT2D eigenvalue weighted by Crippen LogP contribution is 2.29. The van der Waals surface area contributed by atoms with Gasteiger partial charge in [0.25, 0.3) is 0 Å². The van der Waals surface area contributed by atoms with Crippen molar-refractivity contribution in [3.8, 4) is 0 Å². The van der Waals surface area contributed by atoms with Crippen LogP contribution >= 0.6 is 0 Å². The minimum absolute atomic E-state index is 0.100. The van der Waals surface area contributed by atoms with Gasteiger partial charge in [0.15, 0.2) is 0 Å². The van der Waals surface area contributed by atoms with Crippen molar-refractivity contribution >= 4 is 0 Å². The molecular weight excluding hydrogens is 260 g/mol. The maximum atomic E-state index is 5.98. The van der Waals surface area contributed by atoms with Crippen molar-refractivity contribution in [1.82, 2.24) is 15.0 Å². The Balaban J connectivity index is 1.61. The normalized spacial score (nSPS) is 28.5. The number of hydrogen-bond acceptors (Lipinski definition) is 7. The van der Waals surface area contributed by atoms with Crippen molar-refractivity contribution in [3.63, 3.8) is 0 Å². The van der Waals surface area contributed by atoms with Crippen LogP contribution in [0.1, 0.15) is 43.1 Å². The molecule has 3 rings (SSSR count). The van der Waals surface area contributed by atoms with Gasteiger partial charge in [-0.05, 0) is 25.8 Å². The number of methoxy groups -OCH3 is 1. The molecule has 0 bridgehead atoms. The molecule has 0 aliphatic carbocycles. The molecule has 2 aliphatic rings. The third-order valence-electron chi connectivity index (χ3n) is 4.08. The van der Waals surface area contributed by atoms with E-state index in [2.05, 4.69) is 15.0 Å². The number of hydrogen-bond donors (Lipinski definition) is 1. The molecule has 112 valence electrons. The van der Waals surface area contributed by atoms with E-state index in [0.29, 0.717) is 30.8 Å². The highest BCUT2D eigenvalue weighted by atomic mass is 16.5. The van der Waals surface area contributed by atoms with Crippen molar-refractivity contribution in [1.29, 1.82) is 0 Å². The third-order valence-corrected chi connectivity index (χ3v) is 4.08. The number of fused-ring (bicyclic) bond motifs is 1. The molecule has 2 fully saturated rings. The first kappa shape index (κ1) is 13.9. The maximum Gasteiger partial charge on any atom is 0.243 e. The van der Waals surface area contributed by atoms with Crippen LogP contribution in [0.2, 0.25) is 0 Å². The van der Waals surface area contributed by atoms with Crippen LogP contribution < -0.4 is 5.73 Å². The quantitative estimate of drug-likeness (QED) is 0.848. The SMILES string of the molecule is COCCC(N)c1nc(C2CN3CCCC3CO2)no1. The van der Waals surface area contributed by atoms with E-state index in [1.54, 1.807) is 7.11 Å². The molecule has 0 amide bonds. The second-order valence-corrected chi connectivity index (χ2v) is 5.49. The second kappa shape index (κ2) is 6.17. The van der Waals surface area contributed by atoms with Gasteiger partial charge < -0.3 is 19.7 Å². The molecule has 2 aliphatic heterocycles. The van der Waals surface area contributed by atoms with Crippen molar-refractivity contribution in [2.45, 2.75) is 37.5 Å². The number of nitrogens with zero attached hydrogens (tertiary/aromatic N) is 3. The fraction of sp³-hybridized carbons (Fsp3) is 0.846. The average Bonchev–Trinajstić information content (AvgIpc) is 3.12. The average molecular weight is 282 g/mol. The molecule has 0 radical (unpaired) electrons. The summed E-state index contributed by atoms with van der Waals surface area (Å²) < 4.78 is 16.1. The lowest BCUT2D eigenvalue weighted by molar-refractivity contribution is -0.0548. The highest BCUT2D eigenvalue weighted by molar-refractivity contribution is 4.99. The zero-order valence-corrected chi connectivity index (χ0v) is 11.8. The van der Waals surface area contributed by atoms with E-state index in [1.807, 2.05) is 0 Å². The minimum Gasteiger partial charge on any atom is -0.385 e. The first-order chi connectivity index (χ1) is 9.78. The van der Waals surface area contributed by atoms with Crippen molar-refractivity contribution in [2.24, 2.45) is 5.73 Å². The molecule has 3 heterocycles. The number of nitrogens with two attached hydrogens (primary N) is 1. The van der Waals surface area contributed by atoms with E-state index < -0.39 is 0 Å². The predicted molar refractivity (Wildman–Crippen MR) is 71.0 cm³/mol. The first-order valence-corrected chi connectivity index (χ1v) is 7.21. The summed E-state index contributed by atoms with van der Waals surface area (Å²) in [6, 6.07) is 0.293. The Labute approximate surface area is 118 Å². The summed E-state index contributed by atoms with van der Waals surface area (Å²) in [5.74, 6) is 1.07. The molecule has 7 nitrogen and oxygen atoms in total. The van der Waals surface area contributed by atoms with Crippen LogP contribution in [-0.2, 0) is 9.47 Å². The lowest BCUT2D eigenvalue weighted by atomic mass is 10.2. The molecule has 7 heteroatoms. The Morgan fingerprint density at radius 3 is 3.30 bits per heavy atom. The molecule has 1 aromatic rings. The molecule has 0 saturated carbocycles. The van der Waals surface area contributed by atoms with E-state index in [-0.39, 0.29) is 12.1 Å². The van der Waals surface area contributed by atoms with E-state index >= 15 is 0 Å². The van der Waals surface area contributed by atoms with E-state index in [0.717, 1.165) is 19.7 Å². The molecule has 0 aromatic carbocycles. The topological polar surface area (TPSA) is 86.6 Å². The van der Waals surface area contributed by atoms with Crippen molar-refractivity contribution < 1.29 is 14.0 Å². The first-order valence-electron chi connectivity index (χ1n) is 7.21. The van der Waals surface area contributed by atoms with Gasteiger partial charge in [0.05, 0.1) is 12.6 Å². The molecule has 20 heavy (non-hydrogen) atoms. The Hall–Kier alpha value is -1.02. The fourth-order valence-corrected chi connectivity index (χ4v) is 2.87. The number of morpholine rings is 1. The standard InChI is InChI=1S/C13H22N4O3/c1-18-6-4-10(14)13-15-12(16-20-13)11-7-17-5-2-3-9(17)8-19-11/h9-11H,2-8,14H2,1H3. The molecule has 2 N–H and O–H groups in total. The Morgan fingerprint density at radius 1 is 1.55 bits per heavy atom. The largest absolute Gasteiger partial charge is 0.385 e. The maximum absolute atomic E-state index is 5.98. The van der Waals surface area contributed by atoms with Crippen LogP contribution in [0, 0.1) is 0 Å². The summed E-state index contributed by atoms with van der Waals surface area (Å²) in [5.41, 5.74) is 5.98. The summed E-state index contributed by atoms with van der Waals surface area (Å²) in [6.07, 6.45) is 3.04. The lowest BCUT2D eigenvalue weighted by Crippen LogP contribution is -2.42. The Kier molecular flexibility index (Phi) is 4.30. The van der Waals surface area contributed by atoms with Crippen LogP contribution in [-0.4, -0.2) is 54.5 Å². The molecule has 3 unspecified atom stereocenters. The number of rotatable bonds is 5. The summed E-state index contributed by atoms with van der Waals surface area (Å²) in [4.78, 5) is 6.84. The summed E-state index contributed by atoms with van der Waals surface area (Å²) in [7, 11) is 1.65. The Morgan fingerprint density at radius 2 is 2.45 bits per heavy atom. The number of ether oxygens (including phenoxy) is 2. The molecule has 0 spiro atoms. The fourth-order valence-electron chi connectivity index (χ4n) is 2.87. The monoisotopic (exact) mass is 282 g/mol. The van der Waals surface area contributed by atoms with Crippen LogP contribution in [0.25, 0.3) is 0 Å². The van der Waals surface area contributed by atoms with Gasteiger partial charge in [0.2, 0.25) is 11.7 Å². The molecule has 2 saturated heterocycles. The van der Waals surface area contributed by atoms with E-state index in [9.17, 15) is 0 Å². The minimum atomic E-state index is -0.278. The van der Waals surface area contributed by atoms with Gasteiger partial charge in [-0.1, -0.05) is 5.16 Å². The zero-order chi connectivity index (χ0) is 13.9. The van der Waals surface area contributed by atoms with E-state index in [1.165, 1.54) is 12.8 Å². The van der Waals surface area contributed by atoms with Crippen molar-refractivity contribution in [2.75, 3.05) is 33.4 Å². The van der Waals surface area contributed by atoms with Gasteiger partial charge in [-0.25, -0.2) is 0 Å². The highest BCUT2D eigenvalue weighted by Gasteiger charge is 2.35. The lowest BCUT2D eigenvalue weighted by Gasteiger charge is -2.33. The summed E-state index contributed by atoms with van der Waals surface area (Å²) >= 11 is 0. The van der Waals surface area contributed by atoms with E-state index in [4.69, 9.17) is 19.7 Å². The van der Waals surface area contributed by atoms with Gasteiger partial charge in [-0.15, -0.1) is 0 Å². The van der Waals surface area contributed by atoms with Crippen LogP contribution in [0.5, 0.6) is 0 Å². The smallest absolute Gasteiger partial charge is 0.243 e. The van der Waals surface area contributed by atoms with Gasteiger partial charge in [-0.3, -0.25) is 4.90 Å². The van der Waals surface area contributed by atoms with Gasteiger partial charge in [0, 0.05) is 26.3 Å². The summed E-state index contributed by atoms with van der Waals surface area (Å²) in [6.45, 7) is 3.32. The summed E-state index contributed by atoms with van der Waals surface area (Å²) in [5, 5.41) is 4.02. The second-order valence-electron chi connectivity index (χ2n) is 5.49. The van der Waals surface area contributed by atoms with Gasteiger partial charge >= 0.3 is 0 Å². The molecule has 1 aromatic heterocycles. The van der Waals surface area contributed by atoms with Crippen LogP contribution in [0.3, 0.4) is 0 Å². The molecule has 3 atom stereocenters. The third kappa shape index (κ3) is 2.85. The predicted octanol–water partition coefficient (Wildman–Crippen LogP) is 0.642. The Bertz CT molecular complexity index is 439. The van der Waals surface area contributed by atoms with Crippen molar-refractivity contribution in [3.05, 3.63) is 11.7 Å². The number of aromatic nitrogens is 2. The zero-order valence-electron chi connectivity index (χ0n) is 11.8. The van der Waals surface area contributed by atoms with Crippen LogP contribution in [0.15, 0.2) is 4.52 Å².